The molecule has 0 bridgehead atoms. The monoisotopic (exact) mass is 230 g/mol. The highest BCUT2D eigenvalue weighted by Crippen LogP contribution is 2.23. The second-order valence-electron chi connectivity index (χ2n) is 3.41. The van der Waals surface area contributed by atoms with E-state index in [4.69, 9.17) is 9.63 Å². The highest BCUT2D eigenvalue weighted by Gasteiger charge is 2.12. The Kier molecular flexibility index (Phi) is 1.91. The molecule has 2 N–H and O–H groups in total. The number of nitrogens with zero attached hydrogens (tertiary/aromatic N) is 3. The van der Waals surface area contributed by atoms with Gasteiger partial charge in [0.25, 0.3) is 0 Å². The lowest BCUT2D eigenvalue weighted by molar-refractivity contribution is 0.0686. The van der Waals surface area contributed by atoms with E-state index in [1.54, 1.807) is 18.2 Å². The first-order chi connectivity index (χ1) is 8.24. The van der Waals surface area contributed by atoms with Crippen molar-refractivity contribution in [2.24, 2.45) is 0 Å². The van der Waals surface area contributed by atoms with Gasteiger partial charge in [-0.2, -0.15) is 15.4 Å². The normalized spacial score (nSPS) is 10.8. The van der Waals surface area contributed by atoms with Crippen molar-refractivity contribution in [2.45, 2.75) is 0 Å². The molecule has 0 saturated heterocycles. The van der Waals surface area contributed by atoms with Crippen LogP contribution in [0.1, 0.15) is 10.5 Å². The van der Waals surface area contributed by atoms with E-state index in [9.17, 15) is 4.79 Å². The molecular weight excluding hydrogens is 224 g/mol. The van der Waals surface area contributed by atoms with Gasteiger partial charge in [0.15, 0.2) is 11.5 Å². The third-order valence-corrected chi connectivity index (χ3v) is 2.33. The highest BCUT2D eigenvalue weighted by atomic mass is 16.5. The molecule has 2 aromatic heterocycles. The third kappa shape index (κ3) is 1.53. The maximum Gasteiger partial charge on any atom is 0.358 e. The lowest BCUT2D eigenvalue weighted by atomic mass is 10.1. The Morgan fingerprint density at radius 2 is 2.06 bits per heavy atom. The first kappa shape index (κ1) is 9.52. The molecule has 2 heterocycles. The topological polar surface area (TPSA) is 105 Å². The number of carboxylic acid groups (broad SMARTS) is 1. The number of aromatic amines is 1. The Bertz CT molecular complexity index is 700. The van der Waals surface area contributed by atoms with Crippen LogP contribution in [0, 0.1) is 0 Å². The van der Waals surface area contributed by atoms with E-state index < -0.39 is 5.97 Å². The van der Waals surface area contributed by atoms with Gasteiger partial charge in [0.2, 0.25) is 0 Å². The fraction of sp³-hybridized carbons (Fsp3) is 0. The number of nitrogens with one attached hydrogen (secondary N) is 1. The quantitative estimate of drug-likeness (QED) is 0.687. The van der Waals surface area contributed by atoms with Gasteiger partial charge >= 0.3 is 5.97 Å². The van der Waals surface area contributed by atoms with Gasteiger partial charge < -0.3 is 9.63 Å². The molecule has 17 heavy (non-hydrogen) atoms. The van der Waals surface area contributed by atoms with Gasteiger partial charge in [-0.1, -0.05) is 5.16 Å². The van der Waals surface area contributed by atoms with Gasteiger partial charge in [0.1, 0.15) is 11.0 Å². The fourth-order valence-corrected chi connectivity index (χ4v) is 1.51. The summed E-state index contributed by atoms with van der Waals surface area (Å²) in [4.78, 5) is 10.7. The van der Waals surface area contributed by atoms with Crippen LogP contribution in [0.3, 0.4) is 0 Å². The number of aromatic carboxylic acids is 1. The molecule has 7 heteroatoms. The summed E-state index contributed by atoms with van der Waals surface area (Å²) in [6.45, 7) is 0. The molecule has 7 nitrogen and oxygen atoms in total. The van der Waals surface area contributed by atoms with E-state index in [0.717, 1.165) is 5.52 Å². The number of hydrogen-bond acceptors (Lipinski definition) is 5. The van der Waals surface area contributed by atoms with E-state index in [0.29, 0.717) is 16.8 Å². The Labute approximate surface area is 94.0 Å². The average Bonchev–Trinajstić information content (AvgIpc) is 2.97. The van der Waals surface area contributed by atoms with Gasteiger partial charge in [-0.05, 0) is 18.2 Å². The summed E-state index contributed by atoms with van der Waals surface area (Å²) in [5.41, 5.74) is 1.98. The highest BCUT2D eigenvalue weighted by molar-refractivity contribution is 5.87. The summed E-state index contributed by atoms with van der Waals surface area (Å²) in [5, 5.41) is 22.5. The van der Waals surface area contributed by atoms with E-state index in [1.165, 1.54) is 6.07 Å². The second-order valence-corrected chi connectivity index (χ2v) is 3.41. The van der Waals surface area contributed by atoms with Crippen LogP contribution in [0.2, 0.25) is 0 Å². The Hall–Kier alpha value is -2.70. The number of H-pyrrole nitrogens is 1. The largest absolute Gasteiger partial charge is 0.476 e. The van der Waals surface area contributed by atoms with Crippen molar-refractivity contribution in [3.63, 3.8) is 0 Å². The minimum atomic E-state index is -1.12. The number of carbonyl (C=O) groups is 1. The first-order valence-corrected chi connectivity index (χ1v) is 4.75. The zero-order valence-corrected chi connectivity index (χ0v) is 8.41. The van der Waals surface area contributed by atoms with E-state index >= 15 is 0 Å². The van der Waals surface area contributed by atoms with Crippen LogP contribution in [0.15, 0.2) is 28.8 Å². The summed E-state index contributed by atoms with van der Waals surface area (Å²) in [7, 11) is 0. The van der Waals surface area contributed by atoms with Crippen LogP contribution < -0.4 is 0 Å². The summed E-state index contributed by atoms with van der Waals surface area (Å²) in [6, 6.07) is 6.63. The Morgan fingerprint density at radius 3 is 2.82 bits per heavy atom. The molecule has 0 aliphatic rings. The van der Waals surface area contributed by atoms with Crippen molar-refractivity contribution in [1.82, 2.24) is 20.6 Å². The maximum absolute atomic E-state index is 10.7. The summed E-state index contributed by atoms with van der Waals surface area (Å²) < 4.78 is 4.95. The van der Waals surface area contributed by atoms with E-state index in [1.807, 2.05) is 0 Å². The van der Waals surface area contributed by atoms with Crippen LogP contribution in [0.5, 0.6) is 0 Å². The van der Waals surface area contributed by atoms with Crippen molar-refractivity contribution >= 4 is 17.0 Å². The molecule has 0 saturated carbocycles. The van der Waals surface area contributed by atoms with Gasteiger partial charge in [0.05, 0.1) is 0 Å². The standard InChI is InChI=1S/C10H6N4O3/c15-10(16)8-4-9(17-13-8)5-1-2-6-7(3-5)12-14-11-6/h1-4H,(H,15,16)(H,11,12,14). The fourth-order valence-electron chi connectivity index (χ4n) is 1.51. The van der Waals surface area contributed by atoms with Gasteiger partial charge in [0, 0.05) is 11.6 Å². The maximum atomic E-state index is 10.7. The molecule has 0 aliphatic carbocycles. The van der Waals surface area contributed by atoms with Crippen LogP contribution >= 0.6 is 0 Å². The Morgan fingerprint density at radius 1 is 1.24 bits per heavy atom. The molecule has 3 aromatic rings. The van der Waals surface area contributed by atoms with Crippen molar-refractivity contribution < 1.29 is 14.4 Å². The van der Waals surface area contributed by atoms with Crippen molar-refractivity contribution in [3.8, 4) is 11.3 Å². The summed E-state index contributed by atoms with van der Waals surface area (Å²) in [6.07, 6.45) is 0. The minimum absolute atomic E-state index is 0.125. The van der Waals surface area contributed by atoms with Crippen LogP contribution in [0.4, 0.5) is 0 Å². The smallest absolute Gasteiger partial charge is 0.358 e. The lowest BCUT2D eigenvalue weighted by Gasteiger charge is -1.93. The average molecular weight is 230 g/mol. The van der Waals surface area contributed by atoms with Crippen LogP contribution in [-0.4, -0.2) is 31.6 Å². The van der Waals surface area contributed by atoms with Crippen molar-refractivity contribution in [1.29, 1.82) is 0 Å². The number of carboxylic acids is 1. The number of benzene rings is 1. The molecule has 0 unspecified atom stereocenters. The predicted molar refractivity (Wildman–Crippen MR) is 56.3 cm³/mol. The molecule has 3 rings (SSSR count). The zero-order chi connectivity index (χ0) is 11.8. The van der Waals surface area contributed by atoms with Gasteiger partial charge in [-0.3, -0.25) is 0 Å². The first-order valence-electron chi connectivity index (χ1n) is 4.75. The molecule has 0 fully saturated rings. The summed E-state index contributed by atoms with van der Waals surface area (Å²) in [5.74, 6) is -0.741. The molecule has 0 amide bonds. The van der Waals surface area contributed by atoms with Crippen LogP contribution in [0.25, 0.3) is 22.4 Å². The van der Waals surface area contributed by atoms with Crippen molar-refractivity contribution in [3.05, 3.63) is 30.0 Å². The van der Waals surface area contributed by atoms with Gasteiger partial charge in [-0.25, -0.2) is 4.79 Å². The summed E-state index contributed by atoms with van der Waals surface area (Å²) >= 11 is 0. The molecule has 0 radical (unpaired) electrons. The molecule has 0 aliphatic heterocycles. The lowest BCUT2D eigenvalue weighted by Crippen LogP contribution is -1.94. The number of aromatic nitrogens is 4. The van der Waals surface area contributed by atoms with Gasteiger partial charge in [-0.15, -0.1) is 0 Å². The number of hydrogen-bond donors (Lipinski definition) is 2. The number of fused-ring (bicyclic) bond motifs is 1. The SMILES string of the molecule is O=C(O)c1cc(-c2ccc3n[nH]nc3c2)on1. The predicted octanol–water partition coefficient (Wildman–Crippen LogP) is 1.31. The molecule has 1 aromatic carbocycles. The molecule has 84 valence electrons. The van der Waals surface area contributed by atoms with Crippen molar-refractivity contribution in [2.75, 3.05) is 0 Å². The molecule has 0 atom stereocenters. The van der Waals surface area contributed by atoms with E-state index in [2.05, 4.69) is 20.6 Å². The molecular formula is C10H6N4O3. The zero-order valence-electron chi connectivity index (χ0n) is 8.41. The molecule has 0 spiro atoms. The van der Waals surface area contributed by atoms with Crippen LogP contribution in [-0.2, 0) is 0 Å². The number of rotatable bonds is 2. The Balaban J connectivity index is 2.09. The van der Waals surface area contributed by atoms with E-state index in [-0.39, 0.29) is 5.69 Å². The third-order valence-electron chi connectivity index (χ3n) is 2.33. The minimum Gasteiger partial charge on any atom is -0.476 e. The second kappa shape index (κ2) is 3.41.